The lowest BCUT2D eigenvalue weighted by atomic mass is 10.0. The second-order valence-electron chi connectivity index (χ2n) is 4.08. The van der Waals surface area contributed by atoms with Crippen molar-refractivity contribution in [2.75, 3.05) is 19.6 Å². The van der Waals surface area contributed by atoms with Gasteiger partial charge in [-0.2, -0.15) is 0 Å². The minimum Gasteiger partial charge on any atom is -0.383 e. The Labute approximate surface area is 98.4 Å². The fraction of sp³-hybridized carbons (Fsp3) is 0.889. The van der Waals surface area contributed by atoms with Gasteiger partial charge in [-0.1, -0.05) is 0 Å². The molecule has 0 spiro atoms. The van der Waals surface area contributed by atoms with E-state index in [1.807, 2.05) is 0 Å². The third-order valence-electron chi connectivity index (χ3n) is 3.03. The number of hydrogen-bond acceptors (Lipinski definition) is 3. The monoisotopic (exact) mass is 256 g/mol. The van der Waals surface area contributed by atoms with Crippen molar-refractivity contribution in [2.24, 2.45) is 0 Å². The first-order chi connectivity index (χ1) is 7.02. The second-order valence-corrected chi connectivity index (χ2v) is 4.08. The molecule has 2 heterocycles. The summed E-state index contributed by atoms with van der Waals surface area (Å²) in [4.78, 5) is 12.5. The number of alkyl halides is 2. The molecule has 2 saturated heterocycles. The maximum absolute atomic E-state index is 13.5. The van der Waals surface area contributed by atoms with Gasteiger partial charge in [0.25, 0.3) is 11.8 Å². The predicted octanol–water partition coefficient (Wildman–Crippen LogP) is -0.00140. The fourth-order valence-electron chi connectivity index (χ4n) is 2.20. The van der Waals surface area contributed by atoms with Crippen molar-refractivity contribution in [3.63, 3.8) is 0 Å². The van der Waals surface area contributed by atoms with Crippen molar-refractivity contribution in [1.29, 1.82) is 0 Å². The number of halogens is 3. The summed E-state index contributed by atoms with van der Waals surface area (Å²) >= 11 is 0. The third-order valence-corrected chi connectivity index (χ3v) is 3.03. The molecule has 2 atom stereocenters. The molecule has 4 nitrogen and oxygen atoms in total. The van der Waals surface area contributed by atoms with Gasteiger partial charge < -0.3 is 15.3 Å². The average Bonchev–Trinajstić information content (AvgIpc) is 2.48. The van der Waals surface area contributed by atoms with Crippen molar-refractivity contribution >= 4 is 18.3 Å². The molecular weight excluding hydrogens is 242 g/mol. The molecule has 2 aliphatic rings. The van der Waals surface area contributed by atoms with Crippen LogP contribution in [0.3, 0.4) is 0 Å². The predicted molar refractivity (Wildman–Crippen MR) is 55.8 cm³/mol. The number of amides is 1. The highest BCUT2D eigenvalue weighted by Gasteiger charge is 2.49. The molecule has 94 valence electrons. The Kier molecular flexibility index (Phi) is 4.09. The molecule has 2 N–H and O–H groups in total. The summed E-state index contributed by atoms with van der Waals surface area (Å²) < 4.78 is 27.0. The molecular formula is C9H15ClF2N2O2. The van der Waals surface area contributed by atoms with Crippen molar-refractivity contribution < 1.29 is 18.7 Å². The summed E-state index contributed by atoms with van der Waals surface area (Å²) in [6, 6.07) is -1.05. The third kappa shape index (κ3) is 2.28. The van der Waals surface area contributed by atoms with Crippen LogP contribution in [0.4, 0.5) is 8.78 Å². The minimum absolute atomic E-state index is 0. The molecule has 2 rings (SSSR count). The van der Waals surface area contributed by atoms with Gasteiger partial charge in [0.05, 0.1) is 12.6 Å². The quantitative estimate of drug-likeness (QED) is 0.694. The molecule has 1 amide bonds. The van der Waals surface area contributed by atoms with Gasteiger partial charge in [-0.05, 0) is 19.4 Å². The number of carbonyl (C=O) groups excluding carboxylic acids is 1. The van der Waals surface area contributed by atoms with Crippen LogP contribution in [0.5, 0.6) is 0 Å². The summed E-state index contributed by atoms with van der Waals surface area (Å²) in [5, 5.41) is 11.8. The van der Waals surface area contributed by atoms with E-state index in [2.05, 4.69) is 5.32 Å². The first-order valence-electron chi connectivity index (χ1n) is 5.09. The standard InChI is InChI=1S/C9H14F2N2O2.ClH/c10-9(11)5-12-3-1-7(9)13-4-2-6(14)8(13)15;/h6-7,12,14H,1-5H2;1H/t6-,7-;/m1./s1. The van der Waals surface area contributed by atoms with Crippen LogP contribution in [0.2, 0.25) is 0 Å². The van der Waals surface area contributed by atoms with Gasteiger partial charge in [0.1, 0.15) is 6.10 Å². The van der Waals surface area contributed by atoms with Gasteiger partial charge in [0, 0.05) is 6.54 Å². The van der Waals surface area contributed by atoms with Gasteiger partial charge in [-0.25, -0.2) is 8.78 Å². The molecule has 0 bridgehead atoms. The maximum atomic E-state index is 13.5. The van der Waals surface area contributed by atoms with E-state index in [-0.39, 0.29) is 31.8 Å². The van der Waals surface area contributed by atoms with Gasteiger partial charge in [-0.3, -0.25) is 4.79 Å². The molecule has 16 heavy (non-hydrogen) atoms. The summed E-state index contributed by atoms with van der Waals surface area (Å²) in [6.07, 6.45) is -0.583. The van der Waals surface area contributed by atoms with Gasteiger partial charge in [-0.15, -0.1) is 12.4 Å². The number of nitrogens with one attached hydrogen (secondary N) is 1. The largest absolute Gasteiger partial charge is 0.383 e. The number of carbonyl (C=O) groups is 1. The maximum Gasteiger partial charge on any atom is 0.280 e. The van der Waals surface area contributed by atoms with Crippen LogP contribution in [0, 0.1) is 0 Å². The van der Waals surface area contributed by atoms with Crippen molar-refractivity contribution in [3.8, 4) is 0 Å². The molecule has 2 aliphatic heterocycles. The highest BCUT2D eigenvalue weighted by molar-refractivity contribution is 5.85. The lowest BCUT2D eigenvalue weighted by Gasteiger charge is -2.37. The van der Waals surface area contributed by atoms with Gasteiger partial charge in [0.2, 0.25) is 0 Å². The van der Waals surface area contributed by atoms with Crippen LogP contribution in [0.1, 0.15) is 12.8 Å². The highest BCUT2D eigenvalue weighted by atomic mass is 35.5. The van der Waals surface area contributed by atoms with E-state index in [1.54, 1.807) is 0 Å². The molecule has 0 unspecified atom stereocenters. The van der Waals surface area contributed by atoms with Crippen LogP contribution in [-0.4, -0.2) is 53.6 Å². The highest BCUT2D eigenvalue weighted by Crippen LogP contribution is 2.30. The van der Waals surface area contributed by atoms with E-state index in [0.29, 0.717) is 6.54 Å². The average molecular weight is 257 g/mol. The molecule has 0 aliphatic carbocycles. The molecule has 0 saturated carbocycles. The zero-order chi connectivity index (χ0) is 11.1. The fourth-order valence-corrected chi connectivity index (χ4v) is 2.20. The smallest absolute Gasteiger partial charge is 0.280 e. The number of likely N-dealkylation sites (tertiary alicyclic amines) is 1. The minimum atomic E-state index is -2.89. The topological polar surface area (TPSA) is 52.6 Å². The van der Waals surface area contributed by atoms with E-state index < -0.39 is 30.5 Å². The van der Waals surface area contributed by atoms with Crippen molar-refractivity contribution in [1.82, 2.24) is 10.2 Å². The van der Waals surface area contributed by atoms with Crippen molar-refractivity contribution in [2.45, 2.75) is 30.9 Å². The zero-order valence-electron chi connectivity index (χ0n) is 8.66. The van der Waals surface area contributed by atoms with Gasteiger partial charge >= 0.3 is 0 Å². The molecule has 0 aromatic rings. The number of nitrogens with zero attached hydrogens (tertiary/aromatic N) is 1. The number of rotatable bonds is 1. The van der Waals surface area contributed by atoms with E-state index >= 15 is 0 Å². The first-order valence-corrected chi connectivity index (χ1v) is 5.09. The van der Waals surface area contributed by atoms with E-state index in [9.17, 15) is 18.7 Å². The lowest BCUT2D eigenvalue weighted by molar-refractivity contribution is -0.148. The first kappa shape index (κ1) is 13.6. The SMILES string of the molecule is Cl.O=C1[C@H](O)CCN1[C@@H]1CCNCC1(F)F. The van der Waals surface area contributed by atoms with Crippen LogP contribution in [-0.2, 0) is 4.79 Å². The summed E-state index contributed by atoms with van der Waals surface area (Å²) in [6.45, 7) is 0.331. The molecule has 0 aromatic carbocycles. The number of aliphatic hydroxyl groups excluding tert-OH is 1. The molecule has 2 fully saturated rings. The Morgan fingerprint density at radius 2 is 2.12 bits per heavy atom. The summed E-state index contributed by atoms with van der Waals surface area (Å²) in [5.74, 6) is -3.44. The molecule has 0 radical (unpaired) electrons. The number of piperidine rings is 1. The van der Waals surface area contributed by atoms with Crippen LogP contribution >= 0.6 is 12.4 Å². The zero-order valence-corrected chi connectivity index (χ0v) is 9.47. The van der Waals surface area contributed by atoms with Crippen molar-refractivity contribution in [3.05, 3.63) is 0 Å². The second kappa shape index (κ2) is 4.81. The lowest BCUT2D eigenvalue weighted by Crippen LogP contribution is -2.58. The van der Waals surface area contributed by atoms with Crippen LogP contribution in [0.25, 0.3) is 0 Å². The van der Waals surface area contributed by atoms with E-state index in [4.69, 9.17) is 0 Å². The number of hydrogen-bond donors (Lipinski definition) is 2. The van der Waals surface area contributed by atoms with Crippen LogP contribution < -0.4 is 5.32 Å². The van der Waals surface area contributed by atoms with E-state index in [0.717, 1.165) is 4.90 Å². The van der Waals surface area contributed by atoms with E-state index in [1.165, 1.54) is 0 Å². The summed E-state index contributed by atoms with van der Waals surface area (Å²) in [7, 11) is 0. The molecule has 0 aromatic heterocycles. The Bertz CT molecular complexity index is 278. The van der Waals surface area contributed by atoms with Gasteiger partial charge in [0.15, 0.2) is 0 Å². The Morgan fingerprint density at radius 1 is 1.44 bits per heavy atom. The Balaban J connectivity index is 0.00000128. The number of aliphatic hydroxyl groups is 1. The summed E-state index contributed by atoms with van der Waals surface area (Å²) in [5.41, 5.74) is 0. The Hall–Kier alpha value is -0.460. The molecule has 7 heteroatoms. The van der Waals surface area contributed by atoms with Crippen LogP contribution in [0.15, 0.2) is 0 Å². The normalized spacial score (nSPS) is 33.7. The Morgan fingerprint density at radius 3 is 2.62 bits per heavy atom.